The number of carbonyl (C=O) groups excluding carboxylic acids is 1. The first-order valence-electron chi connectivity index (χ1n) is 11.7. The van der Waals surface area contributed by atoms with Crippen LogP contribution in [-0.4, -0.2) is 39.0 Å². The zero-order chi connectivity index (χ0) is 26.3. The Morgan fingerprint density at radius 1 is 1.05 bits per heavy atom. The SMILES string of the molecule is Cn1cc2cc(N3Cc4ccc(OCC(C)(C)C)nc4N(c4ccc(OC(F)F)nc4)C3=O)ccc2n1. The molecular weight excluding hydrogens is 482 g/mol. The standard InChI is InChI=1S/C26H26F2N6O3/c1-26(2,3)15-36-22-9-5-16-14-33(18-6-8-20-17(11-18)13-32(4)31-20)25(35)34(23(16)30-22)19-7-10-21(29-12-19)37-24(27)28/h5-13,24H,14-15H2,1-4H3. The van der Waals surface area contributed by atoms with Gasteiger partial charge in [-0.25, -0.2) is 14.7 Å². The van der Waals surface area contributed by atoms with Crippen LogP contribution in [0, 0.1) is 5.41 Å². The molecule has 4 heterocycles. The number of halogens is 2. The van der Waals surface area contributed by atoms with Gasteiger partial charge in [0.05, 0.1) is 30.6 Å². The molecule has 0 N–H and O–H groups in total. The van der Waals surface area contributed by atoms with E-state index in [1.54, 1.807) is 15.6 Å². The second-order valence-electron chi connectivity index (χ2n) is 9.96. The van der Waals surface area contributed by atoms with Gasteiger partial charge in [-0.3, -0.25) is 9.58 Å². The lowest BCUT2D eigenvalue weighted by Gasteiger charge is -2.36. The average molecular weight is 509 g/mol. The van der Waals surface area contributed by atoms with E-state index >= 15 is 0 Å². The van der Waals surface area contributed by atoms with Gasteiger partial charge in [-0.05, 0) is 35.7 Å². The lowest BCUT2D eigenvalue weighted by Crippen LogP contribution is -2.45. The van der Waals surface area contributed by atoms with Crippen molar-refractivity contribution < 1.29 is 23.0 Å². The summed E-state index contributed by atoms with van der Waals surface area (Å²) in [5.41, 5.74) is 2.54. The monoisotopic (exact) mass is 508 g/mol. The minimum atomic E-state index is -3.00. The van der Waals surface area contributed by atoms with E-state index in [0.29, 0.717) is 29.7 Å². The molecule has 0 fully saturated rings. The molecular formula is C26H26F2N6O3. The predicted molar refractivity (Wildman–Crippen MR) is 134 cm³/mol. The first kappa shape index (κ1) is 24.4. The van der Waals surface area contributed by atoms with Crippen LogP contribution in [0.1, 0.15) is 26.3 Å². The highest BCUT2D eigenvalue weighted by Crippen LogP contribution is 2.37. The van der Waals surface area contributed by atoms with Crippen molar-refractivity contribution in [3.63, 3.8) is 0 Å². The summed E-state index contributed by atoms with van der Waals surface area (Å²) >= 11 is 0. The topological polar surface area (TPSA) is 85.6 Å². The van der Waals surface area contributed by atoms with Crippen molar-refractivity contribution in [1.29, 1.82) is 0 Å². The van der Waals surface area contributed by atoms with Gasteiger partial charge in [0.15, 0.2) is 0 Å². The molecule has 11 heteroatoms. The van der Waals surface area contributed by atoms with Crippen LogP contribution in [0.3, 0.4) is 0 Å². The van der Waals surface area contributed by atoms with Gasteiger partial charge in [0.25, 0.3) is 0 Å². The highest BCUT2D eigenvalue weighted by Gasteiger charge is 2.34. The molecule has 0 saturated heterocycles. The quantitative estimate of drug-likeness (QED) is 0.334. The summed E-state index contributed by atoms with van der Waals surface area (Å²) in [6.45, 7) is 3.86. The fourth-order valence-corrected chi connectivity index (χ4v) is 4.00. The Hall–Kier alpha value is -4.28. The molecule has 1 aromatic carbocycles. The summed E-state index contributed by atoms with van der Waals surface area (Å²) in [6, 6.07) is 11.6. The lowest BCUT2D eigenvalue weighted by atomic mass is 9.99. The summed E-state index contributed by atoms with van der Waals surface area (Å²) < 4.78 is 37.2. The maximum atomic E-state index is 13.9. The van der Waals surface area contributed by atoms with Crippen LogP contribution in [0.4, 0.5) is 30.8 Å². The number of nitrogens with zero attached hydrogens (tertiary/aromatic N) is 6. The molecule has 37 heavy (non-hydrogen) atoms. The van der Waals surface area contributed by atoms with Crippen LogP contribution in [0.2, 0.25) is 0 Å². The number of aromatic nitrogens is 4. The first-order chi connectivity index (χ1) is 17.6. The molecule has 5 rings (SSSR count). The summed E-state index contributed by atoms with van der Waals surface area (Å²) in [6.07, 6.45) is 3.18. The maximum absolute atomic E-state index is 13.9. The van der Waals surface area contributed by atoms with Crippen LogP contribution in [0.25, 0.3) is 10.9 Å². The summed E-state index contributed by atoms with van der Waals surface area (Å²) in [4.78, 5) is 25.5. The van der Waals surface area contributed by atoms with E-state index in [0.717, 1.165) is 16.5 Å². The second-order valence-corrected chi connectivity index (χ2v) is 9.96. The highest BCUT2D eigenvalue weighted by molar-refractivity contribution is 6.10. The third kappa shape index (κ3) is 5.16. The Bertz CT molecular complexity index is 1450. The van der Waals surface area contributed by atoms with Crippen LogP contribution < -0.4 is 19.3 Å². The summed E-state index contributed by atoms with van der Waals surface area (Å²) in [7, 11) is 1.84. The van der Waals surface area contributed by atoms with E-state index in [1.807, 2.05) is 58.3 Å². The zero-order valence-electron chi connectivity index (χ0n) is 20.9. The van der Waals surface area contributed by atoms with Crippen molar-refractivity contribution in [2.24, 2.45) is 12.5 Å². The first-order valence-corrected chi connectivity index (χ1v) is 11.7. The van der Waals surface area contributed by atoms with Crippen LogP contribution in [-0.2, 0) is 13.6 Å². The van der Waals surface area contributed by atoms with E-state index in [9.17, 15) is 13.6 Å². The van der Waals surface area contributed by atoms with Gasteiger partial charge in [0.1, 0.15) is 5.82 Å². The number of hydrogen-bond donors (Lipinski definition) is 0. The maximum Gasteiger partial charge on any atom is 0.388 e. The van der Waals surface area contributed by atoms with Gasteiger partial charge in [-0.15, -0.1) is 0 Å². The molecule has 192 valence electrons. The Kier molecular flexibility index (Phi) is 6.14. The number of pyridine rings is 2. The number of hydrogen-bond acceptors (Lipinski definition) is 6. The van der Waals surface area contributed by atoms with Crippen molar-refractivity contribution in [1.82, 2.24) is 19.7 Å². The molecule has 0 spiro atoms. The van der Waals surface area contributed by atoms with Gasteiger partial charge < -0.3 is 9.47 Å². The number of ether oxygens (including phenoxy) is 2. The van der Waals surface area contributed by atoms with Crippen molar-refractivity contribution in [3.05, 3.63) is 60.4 Å². The Morgan fingerprint density at radius 3 is 2.51 bits per heavy atom. The molecule has 2 amide bonds. The van der Waals surface area contributed by atoms with Crippen molar-refractivity contribution in [2.75, 3.05) is 16.4 Å². The van der Waals surface area contributed by atoms with E-state index in [1.165, 1.54) is 23.2 Å². The molecule has 9 nitrogen and oxygen atoms in total. The Labute approximate surface area is 212 Å². The number of rotatable bonds is 6. The van der Waals surface area contributed by atoms with E-state index in [4.69, 9.17) is 4.74 Å². The zero-order valence-corrected chi connectivity index (χ0v) is 20.9. The lowest BCUT2D eigenvalue weighted by molar-refractivity contribution is -0.0528. The van der Waals surface area contributed by atoms with E-state index in [2.05, 4.69) is 19.8 Å². The van der Waals surface area contributed by atoms with Crippen molar-refractivity contribution in [3.8, 4) is 11.8 Å². The average Bonchev–Trinajstić information content (AvgIpc) is 3.21. The third-order valence-electron chi connectivity index (χ3n) is 5.65. The summed E-state index contributed by atoms with van der Waals surface area (Å²) in [5, 5.41) is 5.29. The van der Waals surface area contributed by atoms with Crippen LogP contribution in [0.15, 0.2) is 54.9 Å². The van der Waals surface area contributed by atoms with Gasteiger partial charge in [0.2, 0.25) is 11.8 Å². The van der Waals surface area contributed by atoms with E-state index in [-0.39, 0.29) is 23.9 Å². The van der Waals surface area contributed by atoms with Crippen molar-refractivity contribution >= 4 is 34.1 Å². The predicted octanol–water partition coefficient (Wildman–Crippen LogP) is 5.67. The summed E-state index contributed by atoms with van der Waals surface area (Å²) in [5.74, 6) is 0.513. The van der Waals surface area contributed by atoms with Gasteiger partial charge >= 0.3 is 12.6 Å². The number of urea groups is 1. The van der Waals surface area contributed by atoms with Gasteiger partial charge in [-0.2, -0.15) is 18.9 Å². The minimum Gasteiger partial charge on any atom is -0.477 e. The van der Waals surface area contributed by atoms with Gasteiger partial charge in [0, 0.05) is 42.0 Å². The Morgan fingerprint density at radius 2 is 1.81 bits per heavy atom. The third-order valence-corrected chi connectivity index (χ3v) is 5.65. The number of carbonyl (C=O) groups is 1. The molecule has 0 bridgehead atoms. The largest absolute Gasteiger partial charge is 0.477 e. The Balaban J connectivity index is 1.56. The van der Waals surface area contributed by atoms with Gasteiger partial charge in [-0.1, -0.05) is 20.8 Å². The molecule has 4 aromatic rings. The number of amides is 2. The molecule has 0 saturated carbocycles. The molecule has 0 aliphatic carbocycles. The molecule has 0 unspecified atom stereocenters. The van der Waals surface area contributed by atoms with Crippen molar-refractivity contribution in [2.45, 2.75) is 33.9 Å². The van der Waals surface area contributed by atoms with Crippen LogP contribution in [0.5, 0.6) is 11.8 Å². The number of fused-ring (bicyclic) bond motifs is 2. The normalized spacial score (nSPS) is 13.9. The fourth-order valence-electron chi connectivity index (χ4n) is 4.00. The second kappa shape index (κ2) is 9.30. The molecule has 1 aliphatic rings. The number of aryl methyl sites for hydroxylation is 1. The van der Waals surface area contributed by atoms with E-state index < -0.39 is 6.61 Å². The molecule has 3 aromatic heterocycles. The molecule has 0 radical (unpaired) electrons. The smallest absolute Gasteiger partial charge is 0.388 e. The minimum absolute atomic E-state index is 0.0840. The fraction of sp³-hybridized carbons (Fsp3) is 0.308. The number of benzene rings is 1. The number of anilines is 3. The number of alkyl halides is 2. The molecule has 1 aliphatic heterocycles. The molecule has 0 atom stereocenters. The van der Waals surface area contributed by atoms with Crippen LogP contribution >= 0.6 is 0 Å². The highest BCUT2D eigenvalue weighted by atomic mass is 19.3.